The van der Waals surface area contributed by atoms with Crippen LogP contribution in [0.2, 0.25) is 0 Å². The van der Waals surface area contributed by atoms with Crippen molar-refractivity contribution in [3.63, 3.8) is 0 Å². The summed E-state index contributed by atoms with van der Waals surface area (Å²) >= 11 is 0. The second kappa shape index (κ2) is 8.12. The number of anilines is 1. The lowest BCUT2D eigenvalue weighted by Gasteiger charge is -2.18. The molecule has 0 radical (unpaired) electrons. The van der Waals surface area contributed by atoms with Crippen LogP contribution in [0.25, 0.3) is 33.0 Å². The number of nitrogen functional groups attached to an aromatic ring is 1. The standard InChI is InChI=1S/C30H25N/c1-21(24-16-15-23-11-5-6-12-25(23)19-24)27-18-17-26(22-9-3-2-4-10-22)20-29(27)28-13-7-8-14-30(28)31/h2-3,5-9,11-20H,1,4,10,31H2. The molecule has 0 amide bonds. The highest BCUT2D eigenvalue weighted by Crippen LogP contribution is 2.38. The zero-order chi connectivity index (χ0) is 21.2. The zero-order valence-corrected chi connectivity index (χ0v) is 17.5. The molecule has 1 aliphatic carbocycles. The predicted molar refractivity (Wildman–Crippen MR) is 135 cm³/mol. The molecule has 0 fully saturated rings. The maximum atomic E-state index is 6.41. The summed E-state index contributed by atoms with van der Waals surface area (Å²) in [6.45, 7) is 4.49. The van der Waals surface area contributed by atoms with Gasteiger partial charge in [0.2, 0.25) is 0 Å². The molecule has 0 unspecified atom stereocenters. The van der Waals surface area contributed by atoms with Gasteiger partial charge in [0.05, 0.1) is 0 Å². The van der Waals surface area contributed by atoms with Crippen LogP contribution in [0.4, 0.5) is 5.69 Å². The first kappa shape index (κ1) is 19.1. The Morgan fingerprint density at radius 1 is 0.774 bits per heavy atom. The van der Waals surface area contributed by atoms with Crippen LogP contribution in [-0.4, -0.2) is 0 Å². The lowest BCUT2D eigenvalue weighted by Crippen LogP contribution is -1.97. The van der Waals surface area contributed by atoms with E-state index in [0.717, 1.165) is 46.4 Å². The lowest BCUT2D eigenvalue weighted by atomic mass is 9.87. The van der Waals surface area contributed by atoms with Crippen molar-refractivity contribution in [2.24, 2.45) is 0 Å². The van der Waals surface area contributed by atoms with E-state index in [1.807, 2.05) is 18.2 Å². The number of fused-ring (bicyclic) bond motifs is 1. The minimum Gasteiger partial charge on any atom is -0.398 e. The van der Waals surface area contributed by atoms with Crippen LogP contribution in [-0.2, 0) is 0 Å². The molecule has 1 aliphatic rings. The molecular formula is C30H25N. The second-order valence-corrected chi connectivity index (χ2v) is 8.05. The molecule has 1 heteroatoms. The van der Waals surface area contributed by atoms with E-state index in [9.17, 15) is 0 Å². The lowest BCUT2D eigenvalue weighted by molar-refractivity contribution is 1.05. The molecule has 150 valence electrons. The molecule has 0 bridgehead atoms. The molecule has 0 spiro atoms. The van der Waals surface area contributed by atoms with E-state index >= 15 is 0 Å². The summed E-state index contributed by atoms with van der Waals surface area (Å²) in [6, 6.07) is 29.8. The molecule has 0 aliphatic heterocycles. The quantitative estimate of drug-likeness (QED) is 0.347. The summed E-state index contributed by atoms with van der Waals surface area (Å²) in [7, 11) is 0. The van der Waals surface area contributed by atoms with Crippen LogP contribution in [0.5, 0.6) is 0 Å². The molecule has 31 heavy (non-hydrogen) atoms. The monoisotopic (exact) mass is 399 g/mol. The summed E-state index contributed by atoms with van der Waals surface area (Å²) in [4.78, 5) is 0. The van der Waals surface area contributed by atoms with E-state index in [0.29, 0.717) is 0 Å². The van der Waals surface area contributed by atoms with Gasteiger partial charge in [0.25, 0.3) is 0 Å². The Hall–Kier alpha value is -3.84. The molecule has 0 atom stereocenters. The third-order valence-electron chi connectivity index (χ3n) is 6.08. The fraction of sp³-hybridized carbons (Fsp3) is 0.0667. The van der Waals surface area contributed by atoms with Gasteiger partial charge in [0, 0.05) is 11.3 Å². The molecule has 1 nitrogen and oxygen atoms in total. The van der Waals surface area contributed by atoms with Gasteiger partial charge in [-0.15, -0.1) is 0 Å². The predicted octanol–water partition coefficient (Wildman–Crippen LogP) is 7.88. The van der Waals surface area contributed by atoms with Gasteiger partial charge < -0.3 is 5.73 Å². The summed E-state index contributed by atoms with van der Waals surface area (Å²) < 4.78 is 0. The van der Waals surface area contributed by atoms with Crippen LogP contribution in [0.1, 0.15) is 29.5 Å². The van der Waals surface area contributed by atoms with Gasteiger partial charge in [-0.25, -0.2) is 0 Å². The van der Waals surface area contributed by atoms with Crippen molar-refractivity contribution in [3.05, 3.63) is 126 Å². The number of para-hydroxylation sites is 1. The van der Waals surface area contributed by atoms with E-state index in [-0.39, 0.29) is 0 Å². The molecule has 0 heterocycles. The summed E-state index contributed by atoms with van der Waals surface area (Å²) in [5, 5.41) is 2.46. The first-order chi connectivity index (χ1) is 15.2. The first-order valence-electron chi connectivity index (χ1n) is 10.7. The summed E-state index contributed by atoms with van der Waals surface area (Å²) in [6.07, 6.45) is 8.73. The smallest absolute Gasteiger partial charge is 0.0393 e. The minimum atomic E-state index is 0.782. The highest BCUT2D eigenvalue weighted by Gasteiger charge is 2.15. The molecular weight excluding hydrogens is 374 g/mol. The molecule has 0 saturated carbocycles. The highest BCUT2D eigenvalue weighted by atomic mass is 14.6. The van der Waals surface area contributed by atoms with Crippen molar-refractivity contribution < 1.29 is 0 Å². The molecule has 0 aromatic heterocycles. The topological polar surface area (TPSA) is 26.0 Å². The van der Waals surface area contributed by atoms with Crippen LogP contribution in [0.3, 0.4) is 0 Å². The van der Waals surface area contributed by atoms with Gasteiger partial charge in [-0.1, -0.05) is 91.5 Å². The molecule has 0 saturated heterocycles. The fourth-order valence-corrected chi connectivity index (χ4v) is 4.35. The first-order valence-corrected chi connectivity index (χ1v) is 10.7. The number of nitrogens with two attached hydrogens (primary N) is 1. The fourth-order valence-electron chi connectivity index (χ4n) is 4.35. The Bertz CT molecular complexity index is 1350. The van der Waals surface area contributed by atoms with E-state index in [4.69, 9.17) is 5.73 Å². The number of hydrogen-bond acceptors (Lipinski definition) is 1. The van der Waals surface area contributed by atoms with Crippen molar-refractivity contribution in [1.82, 2.24) is 0 Å². The van der Waals surface area contributed by atoms with Crippen molar-refractivity contribution in [2.45, 2.75) is 12.8 Å². The average Bonchev–Trinajstić information content (AvgIpc) is 2.84. The highest BCUT2D eigenvalue weighted by molar-refractivity contribution is 5.95. The van der Waals surface area contributed by atoms with Gasteiger partial charge >= 0.3 is 0 Å². The van der Waals surface area contributed by atoms with E-state index in [1.165, 1.54) is 21.9 Å². The average molecular weight is 400 g/mol. The number of allylic oxidation sites excluding steroid dienone is 4. The molecule has 2 N–H and O–H groups in total. The Morgan fingerprint density at radius 3 is 2.39 bits per heavy atom. The third-order valence-corrected chi connectivity index (χ3v) is 6.08. The van der Waals surface area contributed by atoms with Crippen molar-refractivity contribution in [1.29, 1.82) is 0 Å². The number of rotatable bonds is 4. The minimum absolute atomic E-state index is 0.782. The van der Waals surface area contributed by atoms with Gasteiger partial charge in [0.15, 0.2) is 0 Å². The molecule has 4 aromatic rings. The van der Waals surface area contributed by atoms with Crippen molar-refractivity contribution >= 4 is 27.6 Å². The second-order valence-electron chi connectivity index (χ2n) is 8.05. The van der Waals surface area contributed by atoms with Crippen molar-refractivity contribution in [2.75, 3.05) is 5.73 Å². The van der Waals surface area contributed by atoms with Crippen LogP contribution in [0, 0.1) is 0 Å². The maximum Gasteiger partial charge on any atom is 0.0393 e. The van der Waals surface area contributed by atoms with Gasteiger partial charge in [-0.05, 0) is 75.2 Å². The Kier molecular flexibility index (Phi) is 5.01. The van der Waals surface area contributed by atoms with Crippen LogP contribution >= 0.6 is 0 Å². The number of hydrogen-bond donors (Lipinski definition) is 1. The Morgan fingerprint density at radius 2 is 1.58 bits per heavy atom. The Balaban J connectivity index is 1.66. The van der Waals surface area contributed by atoms with E-state index in [2.05, 4.69) is 91.5 Å². The van der Waals surface area contributed by atoms with Gasteiger partial charge in [0.1, 0.15) is 0 Å². The summed E-state index contributed by atoms with van der Waals surface area (Å²) in [5.74, 6) is 0. The van der Waals surface area contributed by atoms with Crippen LogP contribution in [0.15, 0.2) is 110 Å². The zero-order valence-electron chi connectivity index (χ0n) is 17.5. The normalized spacial score (nSPS) is 13.2. The maximum absolute atomic E-state index is 6.41. The van der Waals surface area contributed by atoms with Gasteiger partial charge in [-0.2, -0.15) is 0 Å². The Labute approximate surface area is 183 Å². The number of benzene rings is 4. The molecule has 4 aromatic carbocycles. The van der Waals surface area contributed by atoms with Crippen molar-refractivity contribution in [3.8, 4) is 11.1 Å². The molecule has 5 rings (SSSR count). The van der Waals surface area contributed by atoms with E-state index < -0.39 is 0 Å². The SMILES string of the molecule is C=C(c1ccc2ccccc2c1)c1ccc(C2=CC=CCC2)cc1-c1ccccc1N. The van der Waals surface area contributed by atoms with Gasteiger partial charge in [-0.3, -0.25) is 0 Å². The van der Waals surface area contributed by atoms with Crippen LogP contribution < -0.4 is 5.73 Å². The van der Waals surface area contributed by atoms with E-state index in [1.54, 1.807) is 0 Å². The largest absolute Gasteiger partial charge is 0.398 e. The third kappa shape index (κ3) is 3.71. The summed E-state index contributed by atoms with van der Waals surface area (Å²) in [5.41, 5.74) is 15.2.